The van der Waals surface area contributed by atoms with E-state index in [-0.39, 0.29) is 5.91 Å². The van der Waals surface area contributed by atoms with Crippen molar-refractivity contribution in [2.24, 2.45) is 0 Å². The first kappa shape index (κ1) is 10.9. The van der Waals surface area contributed by atoms with Crippen molar-refractivity contribution in [3.8, 4) is 0 Å². The predicted molar refractivity (Wildman–Crippen MR) is 61.3 cm³/mol. The summed E-state index contributed by atoms with van der Waals surface area (Å²) in [5.41, 5.74) is 1.57. The molecule has 4 heteroatoms. The normalized spacial score (nSPS) is 9.71. The van der Waals surface area contributed by atoms with Gasteiger partial charge in [-0.1, -0.05) is 0 Å². The number of nitrogens with zero attached hydrogens (tertiary/aromatic N) is 1. The van der Waals surface area contributed by atoms with Gasteiger partial charge in [-0.25, -0.2) is 0 Å². The first-order valence-corrected chi connectivity index (χ1v) is 4.73. The monoisotopic (exact) mass is 210 g/mol. The number of benzene rings is 1. The van der Waals surface area contributed by atoms with Gasteiger partial charge in [0, 0.05) is 37.3 Å². The van der Waals surface area contributed by atoms with Gasteiger partial charge in [0.15, 0.2) is 0 Å². The van der Waals surface area contributed by atoms with Crippen molar-refractivity contribution in [1.29, 1.82) is 0 Å². The van der Waals surface area contributed by atoms with Crippen LogP contribution in [0, 0.1) is 0 Å². The van der Waals surface area contributed by atoms with Crippen LogP contribution in [0.4, 0.5) is 5.69 Å². The molecule has 0 aliphatic rings. The van der Waals surface area contributed by atoms with Crippen LogP contribution >= 0.6 is 12.6 Å². The fraction of sp³-hybridized carbons (Fsp3) is 0.300. The maximum atomic E-state index is 11.6. The van der Waals surface area contributed by atoms with Crippen LogP contribution in [-0.2, 0) is 0 Å². The summed E-state index contributed by atoms with van der Waals surface area (Å²) in [6.07, 6.45) is 0. The molecular formula is C10H14N2OS. The van der Waals surface area contributed by atoms with Gasteiger partial charge in [-0.15, -0.1) is 12.6 Å². The fourth-order valence-corrected chi connectivity index (χ4v) is 1.46. The molecule has 1 aromatic carbocycles. The first-order chi connectivity index (χ1) is 6.56. The Morgan fingerprint density at radius 1 is 1.43 bits per heavy atom. The Balaban J connectivity index is 3.03. The third-order valence-electron chi connectivity index (χ3n) is 1.92. The number of carbonyl (C=O) groups is 1. The van der Waals surface area contributed by atoms with Gasteiger partial charge in [0.05, 0.1) is 0 Å². The molecule has 0 aliphatic heterocycles. The standard InChI is InChI=1S/C10H14N2OS/c1-11-8-5-4-7(6-9(8)14)10(13)12(2)3/h4-6,11,14H,1-3H3. The zero-order chi connectivity index (χ0) is 10.7. The molecule has 0 bridgehead atoms. The number of anilines is 1. The summed E-state index contributed by atoms with van der Waals surface area (Å²) in [5, 5.41) is 2.99. The lowest BCUT2D eigenvalue weighted by Gasteiger charge is -2.11. The summed E-state index contributed by atoms with van der Waals surface area (Å²) in [4.78, 5) is 13.9. The van der Waals surface area contributed by atoms with Crippen molar-refractivity contribution in [3.63, 3.8) is 0 Å². The Morgan fingerprint density at radius 3 is 2.50 bits per heavy atom. The van der Waals surface area contributed by atoms with Crippen LogP contribution in [0.25, 0.3) is 0 Å². The van der Waals surface area contributed by atoms with E-state index in [1.54, 1.807) is 31.1 Å². The maximum Gasteiger partial charge on any atom is 0.253 e. The van der Waals surface area contributed by atoms with Crippen LogP contribution in [0.5, 0.6) is 0 Å². The molecule has 0 aromatic heterocycles. The lowest BCUT2D eigenvalue weighted by molar-refractivity contribution is 0.0827. The van der Waals surface area contributed by atoms with Crippen LogP contribution in [0.3, 0.4) is 0 Å². The van der Waals surface area contributed by atoms with Gasteiger partial charge in [-0.3, -0.25) is 4.79 Å². The number of carbonyl (C=O) groups excluding carboxylic acids is 1. The van der Waals surface area contributed by atoms with Gasteiger partial charge in [0.1, 0.15) is 0 Å². The highest BCUT2D eigenvalue weighted by molar-refractivity contribution is 7.80. The van der Waals surface area contributed by atoms with Crippen molar-refractivity contribution >= 4 is 24.2 Å². The largest absolute Gasteiger partial charge is 0.387 e. The van der Waals surface area contributed by atoms with Gasteiger partial charge in [-0.05, 0) is 18.2 Å². The molecule has 0 unspecified atom stereocenters. The lowest BCUT2D eigenvalue weighted by atomic mass is 10.2. The predicted octanol–water partition coefficient (Wildman–Crippen LogP) is 1.72. The molecular weight excluding hydrogens is 196 g/mol. The smallest absolute Gasteiger partial charge is 0.253 e. The van der Waals surface area contributed by atoms with Crippen LogP contribution < -0.4 is 5.32 Å². The molecule has 0 heterocycles. The van der Waals surface area contributed by atoms with Crippen molar-refractivity contribution in [1.82, 2.24) is 4.90 Å². The Labute approximate surface area is 89.5 Å². The number of amides is 1. The van der Waals surface area contributed by atoms with E-state index in [1.807, 2.05) is 13.1 Å². The van der Waals surface area contributed by atoms with E-state index < -0.39 is 0 Å². The summed E-state index contributed by atoms with van der Waals surface area (Å²) in [7, 11) is 5.28. The van der Waals surface area contributed by atoms with Gasteiger partial charge < -0.3 is 10.2 Å². The molecule has 0 fully saturated rings. The highest BCUT2D eigenvalue weighted by atomic mass is 32.1. The highest BCUT2D eigenvalue weighted by Gasteiger charge is 2.08. The minimum Gasteiger partial charge on any atom is -0.387 e. The number of hydrogen-bond donors (Lipinski definition) is 2. The molecule has 0 saturated heterocycles. The molecule has 0 atom stereocenters. The first-order valence-electron chi connectivity index (χ1n) is 4.28. The van der Waals surface area contributed by atoms with Crippen LogP contribution in [0.2, 0.25) is 0 Å². The summed E-state index contributed by atoms with van der Waals surface area (Å²) in [6.45, 7) is 0. The second-order valence-corrected chi connectivity index (χ2v) is 3.66. The zero-order valence-electron chi connectivity index (χ0n) is 8.53. The van der Waals surface area contributed by atoms with E-state index in [9.17, 15) is 4.79 Å². The Hall–Kier alpha value is -1.16. The number of rotatable bonds is 2. The Bertz CT molecular complexity index is 350. The highest BCUT2D eigenvalue weighted by Crippen LogP contribution is 2.20. The average Bonchev–Trinajstić information content (AvgIpc) is 2.16. The third kappa shape index (κ3) is 2.20. The van der Waals surface area contributed by atoms with Gasteiger partial charge in [0.25, 0.3) is 5.91 Å². The maximum absolute atomic E-state index is 11.6. The van der Waals surface area contributed by atoms with Gasteiger partial charge in [-0.2, -0.15) is 0 Å². The van der Waals surface area contributed by atoms with Gasteiger partial charge in [0.2, 0.25) is 0 Å². The number of thiol groups is 1. The third-order valence-corrected chi connectivity index (χ3v) is 2.29. The average molecular weight is 210 g/mol. The summed E-state index contributed by atoms with van der Waals surface area (Å²) < 4.78 is 0. The summed E-state index contributed by atoms with van der Waals surface area (Å²) >= 11 is 4.28. The van der Waals surface area contributed by atoms with Crippen molar-refractivity contribution in [3.05, 3.63) is 23.8 Å². The van der Waals surface area contributed by atoms with Crippen LogP contribution in [0.1, 0.15) is 10.4 Å². The molecule has 3 nitrogen and oxygen atoms in total. The van der Waals surface area contributed by atoms with Crippen molar-refractivity contribution in [2.45, 2.75) is 4.90 Å². The Kier molecular flexibility index (Phi) is 3.41. The topological polar surface area (TPSA) is 32.3 Å². The SMILES string of the molecule is CNc1ccc(C(=O)N(C)C)cc1S. The molecule has 0 saturated carbocycles. The number of hydrogen-bond acceptors (Lipinski definition) is 3. The van der Waals surface area contributed by atoms with E-state index in [4.69, 9.17) is 0 Å². The molecule has 0 radical (unpaired) electrons. The molecule has 76 valence electrons. The molecule has 1 rings (SSSR count). The van der Waals surface area contributed by atoms with Crippen LogP contribution in [0.15, 0.2) is 23.1 Å². The molecule has 1 amide bonds. The fourth-order valence-electron chi connectivity index (χ4n) is 1.13. The van der Waals surface area contributed by atoms with Crippen LogP contribution in [-0.4, -0.2) is 32.0 Å². The summed E-state index contributed by atoms with van der Waals surface area (Å²) in [5.74, 6) is -0.0112. The van der Waals surface area contributed by atoms with E-state index in [1.165, 1.54) is 0 Å². The van der Waals surface area contributed by atoms with E-state index >= 15 is 0 Å². The lowest BCUT2D eigenvalue weighted by Crippen LogP contribution is -2.21. The minimum atomic E-state index is -0.0112. The Morgan fingerprint density at radius 2 is 2.07 bits per heavy atom. The quantitative estimate of drug-likeness (QED) is 0.728. The number of nitrogens with one attached hydrogen (secondary N) is 1. The van der Waals surface area contributed by atoms with E-state index in [0.717, 1.165) is 10.6 Å². The van der Waals surface area contributed by atoms with E-state index in [0.29, 0.717) is 5.56 Å². The van der Waals surface area contributed by atoms with Gasteiger partial charge >= 0.3 is 0 Å². The zero-order valence-corrected chi connectivity index (χ0v) is 9.43. The van der Waals surface area contributed by atoms with Crippen molar-refractivity contribution in [2.75, 3.05) is 26.5 Å². The van der Waals surface area contributed by atoms with E-state index in [2.05, 4.69) is 17.9 Å². The molecule has 1 N–H and O–H groups in total. The molecule has 1 aromatic rings. The second-order valence-electron chi connectivity index (χ2n) is 3.18. The molecule has 0 aliphatic carbocycles. The van der Waals surface area contributed by atoms with Crippen molar-refractivity contribution < 1.29 is 4.79 Å². The second kappa shape index (κ2) is 4.37. The summed E-state index contributed by atoms with van der Waals surface area (Å²) in [6, 6.07) is 5.39. The molecule has 0 spiro atoms. The molecule has 14 heavy (non-hydrogen) atoms. The minimum absolute atomic E-state index is 0.0112.